The van der Waals surface area contributed by atoms with Gasteiger partial charge in [0.05, 0.1) is 0 Å². The minimum Gasteiger partial charge on any atom is -0.337 e. The Labute approximate surface area is 133 Å². The summed E-state index contributed by atoms with van der Waals surface area (Å²) < 4.78 is 13.1. The Bertz CT molecular complexity index is 668. The van der Waals surface area contributed by atoms with Crippen molar-refractivity contribution in [1.82, 2.24) is 4.90 Å². The van der Waals surface area contributed by atoms with Gasteiger partial charge in [-0.2, -0.15) is 0 Å². The summed E-state index contributed by atoms with van der Waals surface area (Å²) in [5.41, 5.74) is 1.92. The summed E-state index contributed by atoms with van der Waals surface area (Å²) in [5.74, 6) is -0.531. The van der Waals surface area contributed by atoms with E-state index in [1.165, 1.54) is 18.2 Å². The van der Waals surface area contributed by atoms with Crippen LogP contribution in [0.2, 0.25) is 10.0 Å². The summed E-state index contributed by atoms with van der Waals surface area (Å²) in [6, 6.07) is 9.28. The number of hydrogen-bond donors (Lipinski definition) is 0. The molecule has 0 aliphatic carbocycles. The van der Waals surface area contributed by atoms with Crippen LogP contribution in [0.15, 0.2) is 36.4 Å². The smallest absolute Gasteiger partial charge is 0.254 e. The largest absolute Gasteiger partial charge is 0.337 e. The molecule has 0 aliphatic rings. The highest BCUT2D eigenvalue weighted by atomic mass is 35.5. The van der Waals surface area contributed by atoms with Gasteiger partial charge in [0, 0.05) is 29.2 Å². The maximum absolute atomic E-state index is 13.1. The number of halogens is 3. The Kier molecular flexibility index (Phi) is 4.86. The Morgan fingerprint density at radius 2 is 1.76 bits per heavy atom. The van der Waals surface area contributed by atoms with Gasteiger partial charge in [-0.25, -0.2) is 4.39 Å². The molecule has 0 radical (unpaired) electrons. The molecule has 5 heteroatoms. The van der Waals surface area contributed by atoms with E-state index in [4.69, 9.17) is 23.2 Å². The zero-order chi connectivity index (χ0) is 15.6. The quantitative estimate of drug-likeness (QED) is 0.800. The maximum atomic E-state index is 13.1. The highest BCUT2D eigenvalue weighted by molar-refractivity contribution is 6.34. The molecular weight excluding hydrogens is 312 g/mol. The van der Waals surface area contributed by atoms with Crippen LogP contribution >= 0.6 is 23.2 Å². The van der Waals surface area contributed by atoms with Crippen LogP contribution in [0.1, 0.15) is 21.5 Å². The zero-order valence-corrected chi connectivity index (χ0v) is 13.2. The van der Waals surface area contributed by atoms with Crippen LogP contribution in [0.3, 0.4) is 0 Å². The molecule has 0 spiro atoms. The summed E-state index contributed by atoms with van der Waals surface area (Å²) in [7, 11) is 1.68. The van der Waals surface area contributed by atoms with Gasteiger partial charge < -0.3 is 4.90 Å². The van der Waals surface area contributed by atoms with Gasteiger partial charge in [0.25, 0.3) is 5.91 Å². The molecule has 110 valence electrons. The Morgan fingerprint density at radius 1 is 1.14 bits per heavy atom. The summed E-state index contributed by atoms with van der Waals surface area (Å²) >= 11 is 11.9. The predicted molar refractivity (Wildman–Crippen MR) is 83.4 cm³/mol. The molecule has 21 heavy (non-hydrogen) atoms. The fourth-order valence-corrected chi connectivity index (χ4v) is 2.69. The normalized spacial score (nSPS) is 10.5. The lowest BCUT2D eigenvalue weighted by molar-refractivity contribution is 0.0784. The molecule has 0 bridgehead atoms. The number of carbonyl (C=O) groups is 1. The molecule has 2 aromatic rings. The van der Waals surface area contributed by atoms with Crippen molar-refractivity contribution in [3.05, 3.63) is 69.0 Å². The first kappa shape index (κ1) is 15.8. The van der Waals surface area contributed by atoms with Gasteiger partial charge in [-0.15, -0.1) is 0 Å². The van der Waals surface area contributed by atoms with Crippen molar-refractivity contribution in [2.75, 3.05) is 7.05 Å². The number of rotatable bonds is 3. The summed E-state index contributed by atoms with van der Waals surface area (Å²) in [5, 5.41) is 1.05. The maximum Gasteiger partial charge on any atom is 0.254 e. The fraction of sp³-hybridized carbons (Fsp3) is 0.188. The van der Waals surface area contributed by atoms with Crippen molar-refractivity contribution < 1.29 is 9.18 Å². The topological polar surface area (TPSA) is 20.3 Å². The van der Waals surface area contributed by atoms with Gasteiger partial charge in [0.2, 0.25) is 0 Å². The van der Waals surface area contributed by atoms with E-state index in [-0.39, 0.29) is 11.7 Å². The summed E-state index contributed by atoms with van der Waals surface area (Å²) in [6.45, 7) is 2.08. The van der Waals surface area contributed by atoms with Gasteiger partial charge in [0.1, 0.15) is 5.82 Å². The van der Waals surface area contributed by atoms with Crippen molar-refractivity contribution in [3.8, 4) is 0 Å². The van der Waals surface area contributed by atoms with Crippen LogP contribution in [-0.4, -0.2) is 17.9 Å². The third-order valence-electron chi connectivity index (χ3n) is 3.11. The lowest BCUT2D eigenvalue weighted by Crippen LogP contribution is -2.26. The molecule has 2 aromatic carbocycles. The fourth-order valence-electron chi connectivity index (χ4n) is 2.12. The van der Waals surface area contributed by atoms with Gasteiger partial charge in [-0.3, -0.25) is 4.79 Å². The standard InChI is InChI=1S/C16H14Cl2FNO/c1-10-5-14(19)3-4-15(10)16(21)20(2)9-11-6-12(17)8-13(18)7-11/h3-8H,9H2,1-2H3. The Hall–Kier alpha value is -1.58. The van der Waals surface area contributed by atoms with Crippen LogP contribution in [0.4, 0.5) is 4.39 Å². The Morgan fingerprint density at radius 3 is 2.33 bits per heavy atom. The van der Waals surface area contributed by atoms with E-state index in [9.17, 15) is 9.18 Å². The second kappa shape index (κ2) is 6.46. The molecule has 1 amide bonds. The zero-order valence-electron chi connectivity index (χ0n) is 11.7. The molecule has 0 atom stereocenters. The predicted octanol–water partition coefficient (Wildman–Crippen LogP) is 4.71. The number of amides is 1. The van der Waals surface area contributed by atoms with E-state index in [1.54, 1.807) is 37.1 Å². The number of nitrogens with zero attached hydrogens (tertiary/aromatic N) is 1. The first-order valence-corrected chi connectivity index (χ1v) is 7.09. The average molecular weight is 326 g/mol. The Balaban J connectivity index is 2.19. The minimum absolute atomic E-state index is 0.177. The first-order chi connectivity index (χ1) is 9.86. The molecule has 0 aromatic heterocycles. The molecule has 2 rings (SSSR count). The van der Waals surface area contributed by atoms with Crippen molar-refractivity contribution in [2.45, 2.75) is 13.5 Å². The van der Waals surface area contributed by atoms with Gasteiger partial charge in [-0.1, -0.05) is 23.2 Å². The van der Waals surface area contributed by atoms with Crippen molar-refractivity contribution in [2.24, 2.45) is 0 Å². The van der Waals surface area contributed by atoms with E-state index in [2.05, 4.69) is 0 Å². The molecule has 0 saturated carbocycles. The minimum atomic E-state index is -0.353. The van der Waals surface area contributed by atoms with E-state index in [0.717, 1.165) is 5.56 Å². The molecule has 0 heterocycles. The van der Waals surface area contributed by atoms with Gasteiger partial charge >= 0.3 is 0 Å². The molecule has 0 fully saturated rings. The molecule has 0 unspecified atom stereocenters. The highest BCUT2D eigenvalue weighted by Gasteiger charge is 2.15. The summed E-state index contributed by atoms with van der Waals surface area (Å²) in [6.07, 6.45) is 0. The van der Waals surface area contributed by atoms with Crippen molar-refractivity contribution in [1.29, 1.82) is 0 Å². The SMILES string of the molecule is Cc1cc(F)ccc1C(=O)N(C)Cc1cc(Cl)cc(Cl)c1. The van der Waals surface area contributed by atoms with E-state index >= 15 is 0 Å². The number of hydrogen-bond acceptors (Lipinski definition) is 1. The molecule has 0 saturated heterocycles. The lowest BCUT2D eigenvalue weighted by atomic mass is 10.1. The third-order valence-corrected chi connectivity index (χ3v) is 3.54. The third kappa shape index (κ3) is 3.96. The van der Waals surface area contributed by atoms with Crippen LogP contribution in [0.5, 0.6) is 0 Å². The van der Waals surface area contributed by atoms with Gasteiger partial charge in [-0.05, 0) is 54.4 Å². The average Bonchev–Trinajstić information content (AvgIpc) is 2.36. The first-order valence-electron chi connectivity index (χ1n) is 6.33. The van der Waals surface area contributed by atoms with Crippen LogP contribution in [0, 0.1) is 12.7 Å². The molecular formula is C16H14Cl2FNO. The van der Waals surface area contributed by atoms with E-state index in [1.807, 2.05) is 0 Å². The second-order valence-electron chi connectivity index (χ2n) is 4.90. The van der Waals surface area contributed by atoms with E-state index < -0.39 is 0 Å². The highest BCUT2D eigenvalue weighted by Crippen LogP contribution is 2.21. The lowest BCUT2D eigenvalue weighted by Gasteiger charge is -2.19. The monoisotopic (exact) mass is 325 g/mol. The molecule has 2 nitrogen and oxygen atoms in total. The summed E-state index contributed by atoms with van der Waals surface area (Å²) in [4.78, 5) is 13.9. The van der Waals surface area contributed by atoms with Gasteiger partial charge in [0.15, 0.2) is 0 Å². The number of aryl methyl sites for hydroxylation is 1. The van der Waals surface area contributed by atoms with E-state index in [0.29, 0.717) is 27.7 Å². The molecule has 0 N–H and O–H groups in total. The van der Waals surface area contributed by atoms with Crippen molar-refractivity contribution in [3.63, 3.8) is 0 Å². The van der Waals surface area contributed by atoms with Crippen molar-refractivity contribution >= 4 is 29.1 Å². The van der Waals surface area contributed by atoms with Crippen LogP contribution < -0.4 is 0 Å². The second-order valence-corrected chi connectivity index (χ2v) is 5.77. The number of carbonyl (C=O) groups excluding carboxylic acids is 1. The van der Waals surface area contributed by atoms with Crippen LogP contribution in [0.25, 0.3) is 0 Å². The molecule has 0 aliphatic heterocycles. The number of benzene rings is 2. The van der Waals surface area contributed by atoms with Crippen LogP contribution in [-0.2, 0) is 6.54 Å².